The van der Waals surface area contributed by atoms with Gasteiger partial charge in [-0.25, -0.2) is 0 Å². The summed E-state index contributed by atoms with van der Waals surface area (Å²) >= 11 is 0. The summed E-state index contributed by atoms with van der Waals surface area (Å²) in [5, 5.41) is 0. The van der Waals surface area contributed by atoms with Crippen molar-refractivity contribution < 1.29 is 13.6 Å². The van der Waals surface area contributed by atoms with E-state index in [1.165, 1.54) is 37.0 Å². The van der Waals surface area contributed by atoms with Gasteiger partial charge in [0, 0.05) is 13.1 Å². The van der Waals surface area contributed by atoms with Crippen LogP contribution in [0.1, 0.15) is 44.9 Å². The first kappa shape index (κ1) is 11.8. The molecule has 0 N–H and O–H groups in total. The maximum Gasteiger partial charge on any atom is 0.315 e. The fourth-order valence-electron chi connectivity index (χ4n) is 3.14. The fraction of sp³-hybridized carbons (Fsp3) is 0.917. The lowest BCUT2D eigenvalue weighted by Crippen LogP contribution is -2.45. The fourth-order valence-corrected chi connectivity index (χ4v) is 3.14. The van der Waals surface area contributed by atoms with Crippen molar-refractivity contribution in [3.63, 3.8) is 0 Å². The summed E-state index contributed by atoms with van der Waals surface area (Å²) in [5.74, 6) is -0.981. The molecule has 1 saturated carbocycles. The van der Waals surface area contributed by atoms with Crippen LogP contribution in [0.25, 0.3) is 0 Å². The second-order valence-electron chi connectivity index (χ2n) is 5.19. The van der Waals surface area contributed by atoms with Crippen LogP contribution in [0.5, 0.6) is 0 Å². The molecule has 1 aliphatic heterocycles. The Morgan fingerprint density at radius 2 is 1.56 bits per heavy atom. The third-order valence-electron chi connectivity index (χ3n) is 4.24. The van der Waals surface area contributed by atoms with Crippen molar-refractivity contribution >= 4 is 5.91 Å². The van der Waals surface area contributed by atoms with E-state index in [2.05, 4.69) is 0 Å². The Kier molecular flexibility index (Phi) is 3.45. The lowest BCUT2D eigenvalue weighted by molar-refractivity contribution is -0.145. The molecule has 4 heteroatoms. The minimum absolute atomic E-state index is 0.372. The average Bonchev–Trinajstić information content (AvgIpc) is 2.30. The Labute approximate surface area is 95.0 Å². The number of halogens is 2. The molecule has 1 saturated heterocycles. The number of hydrogen-bond acceptors (Lipinski definition) is 1. The molecule has 1 amide bonds. The van der Waals surface area contributed by atoms with E-state index in [-0.39, 0.29) is 0 Å². The van der Waals surface area contributed by atoms with Gasteiger partial charge in [0.1, 0.15) is 0 Å². The standard InChI is InChI=1S/C12H19F2NO/c13-10(14)11(16)15-8-6-12(7-9-15)4-2-1-3-5-12/h10H,1-9H2. The quantitative estimate of drug-likeness (QED) is 0.679. The van der Waals surface area contributed by atoms with Crippen LogP contribution in [0, 0.1) is 5.41 Å². The molecule has 1 aliphatic carbocycles. The van der Waals surface area contributed by atoms with Gasteiger partial charge >= 0.3 is 6.43 Å². The summed E-state index contributed by atoms with van der Waals surface area (Å²) in [4.78, 5) is 12.5. The van der Waals surface area contributed by atoms with E-state index in [1.807, 2.05) is 0 Å². The van der Waals surface area contributed by atoms with Crippen molar-refractivity contribution in [1.82, 2.24) is 4.90 Å². The zero-order valence-corrected chi connectivity index (χ0v) is 9.55. The highest BCUT2D eigenvalue weighted by Gasteiger charge is 2.37. The van der Waals surface area contributed by atoms with Crippen LogP contribution in [-0.4, -0.2) is 30.3 Å². The van der Waals surface area contributed by atoms with Crippen molar-refractivity contribution in [3.05, 3.63) is 0 Å². The highest BCUT2D eigenvalue weighted by Crippen LogP contribution is 2.44. The van der Waals surface area contributed by atoms with Crippen molar-refractivity contribution in [3.8, 4) is 0 Å². The lowest BCUT2D eigenvalue weighted by Gasteiger charge is -2.44. The van der Waals surface area contributed by atoms with Crippen molar-refractivity contribution in [2.45, 2.75) is 51.4 Å². The van der Waals surface area contributed by atoms with E-state index in [0.29, 0.717) is 18.5 Å². The smallest absolute Gasteiger partial charge is 0.315 e. The first-order chi connectivity index (χ1) is 7.63. The number of carbonyl (C=O) groups is 1. The predicted octanol–water partition coefficient (Wildman–Crippen LogP) is 2.82. The third-order valence-corrected chi connectivity index (χ3v) is 4.24. The molecule has 0 aromatic heterocycles. The first-order valence-corrected chi connectivity index (χ1v) is 6.20. The SMILES string of the molecule is O=C(C(F)F)N1CCC2(CCCCC2)CC1. The van der Waals surface area contributed by atoms with Crippen LogP contribution >= 0.6 is 0 Å². The van der Waals surface area contributed by atoms with Gasteiger partial charge in [-0.1, -0.05) is 19.3 Å². The van der Waals surface area contributed by atoms with Gasteiger partial charge in [0.2, 0.25) is 0 Å². The minimum Gasteiger partial charge on any atom is -0.338 e. The monoisotopic (exact) mass is 231 g/mol. The Bertz CT molecular complexity index is 252. The molecule has 1 heterocycles. The summed E-state index contributed by atoms with van der Waals surface area (Å²) in [7, 11) is 0. The van der Waals surface area contributed by atoms with E-state index >= 15 is 0 Å². The molecule has 16 heavy (non-hydrogen) atoms. The highest BCUT2D eigenvalue weighted by atomic mass is 19.3. The Hall–Kier alpha value is -0.670. The number of nitrogens with zero attached hydrogens (tertiary/aromatic N) is 1. The topological polar surface area (TPSA) is 20.3 Å². The zero-order valence-electron chi connectivity index (χ0n) is 9.55. The maximum absolute atomic E-state index is 12.3. The number of hydrogen-bond donors (Lipinski definition) is 0. The second kappa shape index (κ2) is 4.68. The van der Waals surface area contributed by atoms with E-state index in [1.54, 1.807) is 0 Å². The van der Waals surface area contributed by atoms with Crippen LogP contribution in [0.2, 0.25) is 0 Å². The maximum atomic E-state index is 12.3. The molecule has 2 fully saturated rings. The normalized spacial score (nSPS) is 25.1. The molecular formula is C12H19F2NO. The minimum atomic E-state index is -2.83. The number of alkyl halides is 2. The van der Waals surface area contributed by atoms with Gasteiger partial charge in [0.15, 0.2) is 0 Å². The first-order valence-electron chi connectivity index (χ1n) is 6.20. The molecule has 0 atom stereocenters. The van der Waals surface area contributed by atoms with Crippen LogP contribution < -0.4 is 0 Å². The molecule has 0 aromatic carbocycles. The average molecular weight is 231 g/mol. The van der Waals surface area contributed by atoms with Gasteiger partial charge in [-0.2, -0.15) is 8.78 Å². The lowest BCUT2D eigenvalue weighted by atomic mass is 9.68. The van der Waals surface area contributed by atoms with Crippen LogP contribution in [-0.2, 0) is 4.79 Å². The van der Waals surface area contributed by atoms with Crippen molar-refractivity contribution in [1.29, 1.82) is 0 Å². The van der Waals surface area contributed by atoms with Crippen molar-refractivity contribution in [2.75, 3.05) is 13.1 Å². The molecule has 92 valence electrons. The molecule has 0 radical (unpaired) electrons. The summed E-state index contributed by atoms with van der Waals surface area (Å²) in [6.07, 6.45) is 5.30. The number of amides is 1. The zero-order chi connectivity index (χ0) is 11.6. The van der Waals surface area contributed by atoms with Gasteiger partial charge in [-0.05, 0) is 31.1 Å². The van der Waals surface area contributed by atoms with Gasteiger partial charge in [0.25, 0.3) is 5.91 Å². The van der Waals surface area contributed by atoms with E-state index in [4.69, 9.17) is 0 Å². The summed E-state index contributed by atoms with van der Waals surface area (Å²) < 4.78 is 24.5. The molecule has 0 bridgehead atoms. The largest absolute Gasteiger partial charge is 0.338 e. The van der Waals surface area contributed by atoms with Gasteiger partial charge in [-0.3, -0.25) is 4.79 Å². The molecule has 2 nitrogen and oxygen atoms in total. The Morgan fingerprint density at radius 3 is 2.06 bits per heavy atom. The second-order valence-corrected chi connectivity index (χ2v) is 5.19. The Morgan fingerprint density at radius 1 is 1.00 bits per heavy atom. The highest BCUT2D eigenvalue weighted by molar-refractivity contribution is 5.79. The van der Waals surface area contributed by atoms with Crippen LogP contribution in [0.3, 0.4) is 0 Å². The molecular weight excluding hydrogens is 212 g/mol. The van der Waals surface area contributed by atoms with Gasteiger partial charge in [-0.15, -0.1) is 0 Å². The van der Waals surface area contributed by atoms with Crippen molar-refractivity contribution in [2.24, 2.45) is 5.41 Å². The summed E-state index contributed by atoms with van der Waals surface area (Å²) in [6, 6.07) is 0. The summed E-state index contributed by atoms with van der Waals surface area (Å²) in [6.45, 7) is 1.06. The van der Waals surface area contributed by atoms with Gasteiger partial charge in [0.05, 0.1) is 0 Å². The predicted molar refractivity (Wildman–Crippen MR) is 57.3 cm³/mol. The molecule has 2 aliphatic rings. The summed E-state index contributed by atoms with van der Waals surface area (Å²) in [5.41, 5.74) is 0.372. The molecule has 0 aromatic rings. The van der Waals surface area contributed by atoms with E-state index < -0.39 is 12.3 Å². The third kappa shape index (κ3) is 2.36. The molecule has 0 unspecified atom stereocenters. The van der Waals surface area contributed by atoms with Crippen LogP contribution in [0.15, 0.2) is 0 Å². The Balaban J connectivity index is 1.88. The number of likely N-dealkylation sites (tertiary alicyclic amines) is 1. The van der Waals surface area contributed by atoms with E-state index in [0.717, 1.165) is 12.8 Å². The van der Waals surface area contributed by atoms with Gasteiger partial charge < -0.3 is 4.90 Å². The molecule has 2 rings (SSSR count). The number of piperidine rings is 1. The van der Waals surface area contributed by atoms with E-state index in [9.17, 15) is 13.6 Å². The number of carbonyl (C=O) groups excluding carboxylic acids is 1. The number of rotatable bonds is 1. The van der Waals surface area contributed by atoms with Crippen LogP contribution in [0.4, 0.5) is 8.78 Å². The molecule has 1 spiro atoms.